The van der Waals surface area contributed by atoms with Gasteiger partial charge in [-0.1, -0.05) is 49.6 Å². The summed E-state index contributed by atoms with van der Waals surface area (Å²) in [6.07, 6.45) is 12.0. The van der Waals surface area contributed by atoms with E-state index in [1.165, 1.54) is 0 Å². The summed E-state index contributed by atoms with van der Waals surface area (Å²) in [4.78, 5) is 22.2. The molecule has 20 heavy (non-hydrogen) atoms. The van der Waals surface area contributed by atoms with Gasteiger partial charge in [0.05, 0.1) is 5.03 Å². The molecule has 1 unspecified atom stereocenters. The van der Waals surface area contributed by atoms with E-state index in [4.69, 9.17) is 16.7 Å². The molecular formula is C16H21ClO3. The van der Waals surface area contributed by atoms with Crippen LogP contribution in [0.4, 0.5) is 0 Å². The second-order valence-corrected chi connectivity index (χ2v) is 5.33. The number of carboxylic acids is 1. The van der Waals surface area contributed by atoms with E-state index in [1.807, 2.05) is 12.2 Å². The lowest BCUT2D eigenvalue weighted by Gasteiger charge is -2.09. The van der Waals surface area contributed by atoms with Gasteiger partial charge >= 0.3 is 5.97 Å². The predicted molar refractivity (Wildman–Crippen MR) is 80.7 cm³/mol. The van der Waals surface area contributed by atoms with Crippen molar-refractivity contribution in [2.75, 3.05) is 0 Å². The lowest BCUT2D eigenvalue weighted by molar-refractivity contribution is -0.131. The summed E-state index contributed by atoms with van der Waals surface area (Å²) in [6, 6.07) is 0. The van der Waals surface area contributed by atoms with E-state index in [1.54, 1.807) is 6.08 Å². The molecule has 1 aliphatic carbocycles. The van der Waals surface area contributed by atoms with Gasteiger partial charge in [-0.05, 0) is 25.7 Å². The highest BCUT2D eigenvalue weighted by atomic mass is 35.5. The van der Waals surface area contributed by atoms with Crippen LogP contribution in [0.3, 0.4) is 0 Å². The molecule has 0 amide bonds. The highest BCUT2D eigenvalue weighted by Crippen LogP contribution is 2.33. The Balaban J connectivity index is 2.48. The van der Waals surface area contributed by atoms with Crippen LogP contribution in [0.25, 0.3) is 0 Å². The molecular weight excluding hydrogens is 276 g/mol. The monoisotopic (exact) mass is 296 g/mol. The van der Waals surface area contributed by atoms with Crippen LogP contribution < -0.4 is 0 Å². The average Bonchev–Trinajstić information content (AvgIpc) is 2.67. The summed E-state index contributed by atoms with van der Waals surface area (Å²) >= 11 is 5.92. The SMILES string of the molecule is CCCCC1C=C(Cl)C(=O)/C1=C\CCC/C=C/C(=O)O. The molecule has 1 aliphatic rings. The first-order chi connectivity index (χ1) is 9.56. The molecule has 0 aromatic carbocycles. The summed E-state index contributed by atoms with van der Waals surface area (Å²) in [7, 11) is 0. The standard InChI is InChI=1S/C16H21ClO3/c1-2-3-8-12-11-14(17)16(20)13(12)9-6-4-5-7-10-15(18)19/h7,9-12H,2-6,8H2,1H3,(H,18,19)/b10-7+,13-9-. The number of rotatable bonds is 8. The molecule has 0 spiro atoms. The topological polar surface area (TPSA) is 54.4 Å². The van der Waals surface area contributed by atoms with E-state index in [-0.39, 0.29) is 11.7 Å². The molecule has 3 nitrogen and oxygen atoms in total. The van der Waals surface area contributed by atoms with Crippen LogP contribution >= 0.6 is 11.6 Å². The Kier molecular flexibility index (Phi) is 7.31. The smallest absolute Gasteiger partial charge is 0.327 e. The maximum atomic E-state index is 11.9. The number of ketones is 1. The second-order valence-electron chi connectivity index (χ2n) is 4.92. The third-order valence-corrected chi connectivity index (χ3v) is 3.59. The minimum Gasteiger partial charge on any atom is -0.478 e. The first-order valence-corrected chi connectivity index (χ1v) is 7.45. The Labute approximate surface area is 125 Å². The Bertz CT molecular complexity index is 447. The van der Waals surface area contributed by atoms with Crippen molar-refractivity contribution in [2.45, 2.75) is 45.4 Å². The van der Waals surface area contributed by atoms with E-state index >= 15 is 0 Å². The van der Waals surface area contributed by atoms with Crippen LogP contribution in [0.1, 0.15) is 45.4 Å². The fraction of sp³-hybridized carbons (Fsp3) is 0.500. The molecule has 0 aliphatic heterocycles. The molecule has 0 aromatic heterocycles. The van der Waals surface area contributed by atoms with Crippen molar-refractivity contribution in [3.05, 3.63) is 34.9 Å². The van der Waals surface area contributed by atoms with E-state index in [0.717, 1.165) is 43.8 Å². The molecule has 0 fully saturated rings. The van der Waals surface area contributed by atoms with Gasteiger partial charge < -0.3 is 5.11 Å². The van der Waals surface area contributed by atoms with Gasteiger partial charge in [0, 0.05) is 17.6 Å². The Morgan fingerprint density at radius 2 is 2.15 bits per heavy atom. The summed E-state index contributed by atoms with van der Waals surface area (Å²) in [5.41, 5.74) is 0.811. The normalized spacial score (nSPS) is 20.9. The van der Waals surface area contributed by atoms with E-state index < -0.39 is 5.97 Å². The fourth-order valence-corrected chi connectivity index (χ4v) is 2.49. The van der Waals surface area contributed by atoms with Gasteiger partial charge in [0.15, 0.2) is 5.78 Å². The van der Waals surface area contributed by atoms with Crippen molar-refractivity contribution in [3.8, 4) is 0 Å². The van der Waals surface area contributed by atoms with Crippen molar-refractivity contribution < 1.29 is 14.7 Å². The van der Waals surface area contributed by atoms with Gasteiger partial charge in [0.1, 0.15) is 0 Å². The van der Waals surface area contributed by atoms with Gasteiger partial charge in [0.25, 0.3) is 0 Å². The summed E-state index contributed by atoms with van der Waals surface area (Å²) in [5, 5.41) is 8.79. The molecule has 1 atom stereocenters. The largest absolute Gasteiger partial charge is 0.478 e. The van der Waals surface area contributed by atoms with Crippen LogP contribution in [-0.4, -0.2) is 16.9 Å². The van der Waals surface area contributed by atoms with Gasteiger partial charge in [-0.3, -0.25) is 4.79 Å². The number of allylic oxidation sites excluding steroid dienone is 5. The highest BCUT2D eigenvalue weighted by molar-refractivity contribution is 6.46. The molecule has 0 saturated heterocycles. The fourth-order valence-electron chi connectivity index (χ4n) is 2.23. The number of Topliss-reactive ketones (excluding diaryl/α,β-unsaturated/α-hetero) is 1. The molecule has 1 rings (SSSR count). The molecule has 1 N–H and O–H groups in total. The second kappa shape index (κ2) is 8.75. The maximum Gasteiger partial charge on any atom is 0.327 e. The Hall–Kier alpha value is -1.35. The Morgan fingerprint density at radius 1 is 1.40 bits per heavy atom. The molecule has 0 heterocycles. The quantitative estimate of drug-likeness (QED) is 0.538. The van der Waals surface area contributed by atoms with Crippen LogP contribution in [0.5, 0.6) is 0 Å². The molecule has 4 heteroatoms. The van der Waals surface area contributed by atoms with Crippen LogP contribution in [0.2, 0.25) is 0 Å². The number of carbonyl (C=O) groups excluding carboxylic acids is 1. The number of halogens is 1. The molecule has 0 bridgehead atoms. The van der Waals surface area contributed by atoms with Crippen LogP contribution in [0.15, 0.2) is 34.9 Å². The maximum absolute atomic E-state index is 11.9. The van der Waals surface area contributed by atoms with Crippen molar-refractivity contribution in [1.29, 1.82) is 0 Å². The van der Waals surface area contributed by atoms with Gasteiger partial charge in [-0.2, -0.15) is 0 Å². The zero-order valence-electron chi connectivity index (χ0n) is 11.8. The van der Waals surface area contributed by atoms with E-state index in [0.29, 0.717) is 11.5 Å². The highest BCUT2D eigenvalue weighted by Gasteiger charge is 2.27. The molecule has 0 aromatic rings. The Morgan fingerprint density at radius 3 is 2.80 bits per heavy atom. The third-order valence-electron chi connectivity index (χ3n) is 3.29. The molecule has 110 valence electrons. The average molecular weight is 297 g/mol. The van der Waals surface area contributed by atoms with Crippen molar-refractivity contribution in [1.82, 2.24) is 0 Å². The number of carbonyl (C=O) groups is 2. The number of carboxylic acid groups (broad SMARTS) is 1. The van der Waals surface area contributed by atoms with Crippen LogP contribution in [0, 0.1) is 5.92 Å². The van der Waals surface area contributed by atoms with Crippen molar-refractivity contribution in [2.24, 2.45) is 5.92 Å². The lowest BCUT2D eigenvalue weighted by Crippen LogP contribution is -2.04. The predicted octanol–water partition coefficient (Wildman–Crippen LogP) is 4.24. The summed E-state index contributed by atoms with van der Waals surface area (Å²) in [5.74, 6) is -0.816. The third kappa shape index (κ3) is 5.33. The first-order valence-electron chi connectivity index (χ1n) is 7.07. The van der Waals surface area contributed by atoms with Crippen molar-refractivity contribution in [3.63, 3.8) is 0 Å². The zero-order valence-corrected chi connectivity index (χ0v) is 12.5. The van der Waals surface area contributed by atoms with Gasteiger partial charge in [-0.15, -0.1) is 0 Å². The lowest BCUT2D eigenvalue weighted by atomic mass is 9.95. The summed E-state index contributed by atoms with van der Waals surface area (Å²) < 4.78 is 0. The molecule has 0 saturated carbocycles. The minimum absolute atomic E-state index is 0.0474. The molecule has 0 radical (unpaired) electrons. The van der Waals surface area contributed by atoms with E-state index in [9.17, 15) is 9.59 Å². The van der Waals surface area contributed by atoms with Gasteiger partial charge in [0.2, 0.25) is 0 Å². The zero-order chi connectivity index (χ0) is 15.0. The number of unbranched alkanes of at least 4 members (excludes halogenated alkanes) is 3. The number of aliphatic carboxylic acids is 1. The van der Waals surface area contributed by atoms with Crippen LogP contribution in [-0.2, 0) is 9.59 Å². The first kappa shape index (κ1) is 16.7. The summed E-state index contributed by atoms with van der Waals surface area (Å²) in [6.45, 7) is 2.13. The van der Waals surface area contributed by atoms with E-state index in [2.05, 4.69) is 6.92 Å². The number of hydrogen-bond donors (Lipinski definition) is 1. The van der Waals surface area contributed by atoms with Gasteiger partial charge in [-0.25, -0.2) is 4.79 Å². The number of hydrogen-bond acceptors (Lipinski definition) is 2. The minimum atomic E-state index is -0.926. The van der Waals surface area contributed by atoms with Crippen molar-refractivity contribution >= 4 is 23.4 Å².